The third-order valence-electron chi connectivity index (χ3n) is 4.23. The molecule has 25 heavy (non-hydrogen) atoms. The van der Waals surface area contributed by atoms with Crippen LogP contribution in [0.25, 0.3) is 0 Å². The van der Waals surface area contributed by atoms with E-state index in [-0.39, 0.29) is 5.41 Å². The van der Waals surface area contributed by atoms with Crippen molar-refractivity contribution < 1.29 is 9.47 Å². The maximum Gasteiger partial charge on any atom is 0.123 e. The predicted octanol–water partition coefficient (Wildman–Crippen LogP) is 4.51. The molecular weight excluding hydrogens is 310 g/mol. The Bertz CT molecular complexity index is 657. The van der Waals surface area contributed by atoms with Gasteiger partial charge in [0.05, 0.1) is 0 Å². The molecule has 0 spiro atoms. The first-order valence-electron chi connectivity index (χ1n) is 9.12. The molecule has 0 aliphatic carbocycles. The molecule has 136 valence electrons. The maximum atomic E-state index is 6.01. The van der Waals surface area contributed by atoms with Gasteiger partial charge in [0.15, 0.2) is 0 Å². The Morgan fingerprint density at radius 1 is 0.880 bits per heavy atom. The number of aryl methyl sites for hydroxylation is 1. The van der Waals surface area contributed by atoms with Crippen molar-refractivity contribution in [3.8, 4) is 11.5 Å². The van der Waals surface area contributed by atoms with Gasteiger partial charge in [0.1, 0.15) is 24.7 Å². The Hall–Kier alpha value is -2.00. The summed E-state index contributed by atoms with van der Waals surface area (Å²) in [6.07, 6.45) is 1.93. The molecule has 0 aliphatic rings. The van der Waals surface area contributed by atoms with Crippen LogP contribution in [-0.2, 0) is 18.3 Å². The second kappa shape index (κ2) is 8.91. The molecule has 2 rings (SSSR count). The second-order valence-corrected chi connectivity index (χ2v) is 7.31. The van der Waals surface area contributed by atoms with Crippen molar-refractivity contribution in [1.29, 1.82) is 0 Å². The molecule has 0 saturated heterocycles. The van der Waals surface area contributed by atoms with Gasteiger partial charge < -0.3 is 15.2 Å². The normalized spacial score (nSPS) is 11.4. The van der Waals surface area contributed by atoms with E-state index in [0.717, 1.165) is 24.3 Å². The first-order chi connectivity index (χ1) is 11.9. The highest BCUT2D eigenvalue weighted by atomic mass is 16.5. The monoisotopic (exact) mass is 341 g/mol. The van der Waals surface area contributed by atoms with E-state index in [1.165, 1.54) is 16.7 Å². The molecule has 0 amide bonds. The zero-order chi connectivity index (χ0) is 18.3. The Morgan fingerprint density at radius 3 is 2.12 bits per heavy atom. The Balaban J connectivity index is 1.91. The number of ether oxygens (including phenoxy) is 2. The summed E-state index contributed by atoms with van der Waals surface area (Å²) < 4.78 is 11.8. The molecule has 0 heterocycles. The SMILES string of the molecule is CCc1ccc(OCCOc2ccc(CCN)cc2)c(C(C)(C)C)c1. The van der Waals surface area contributed by atoms with E-state index in [2.05, 4.69) is 58.0 Å². The van der Waals surface area contributed by atoms with Crippen LogP contribution in [0, 0.1) is 0 Å². The van der Waals surface area contributed by atoms with Crippen molar-refractivity contribution >= 4 is 0 Å². The Kier molecular flexibility index (Phi) is 6.89. The van der Waals surface area contributed by atoms with Crippen molar-refractivity contribution in [2.75, 3.05) is 19.8 Å². The van der Waals surface area contributed by atoms with E-state index in [1.807, 2.05) is 12.1 Å². The minimum atomic E-state index is 0.0557. The summed E-state index contributed by atoms with van der Waals surface area (Å²) in [6, 6.07) is 14.6. The minimum Gasteiger partial charge on any atom is -0.490 e. The van der Waals surface area contributed by atoms with Gasteiger partial charge in [-0.25, -0.2) is 0 Å². The number of hydrogen-bond acceptors (Lipinski definition) is 3. The number of hydrogen-bond donors (Lipinski definition) is 1. The molecule has 0 bridgehead atoms. The average Bonchev–Trinajstić information content (AvgIpc) is 2.59. The number of benzene rings is 2. The van der Waals surface area contributed by atoms with E-state index >= 15 is 0 Å². The van der Waals surface area contributed by atoms with Crippen molar-refractivity contribution in [2.45, 2.75) is 46.0 Å². The van der Waals surface area contributed by atoms with E-state index < -0.39 is 0 Å². The van der Waals surface area contributed by atoms with Gasteiger partial charge in [-0.05, 0) is 59.7 Å². The molecule has 0 aromatic heterocycles. The van der Waals surface area contributed by atoms with Gasteiger partial charge in [0.2, 0.25) is 0 Å². The maximum absolute atomic E-state index is 6.01. The molecule has 0 radical (unpaired) electrons. The van der Waals surface area contributed by atoms with Crippen LogP contribution < -0.4 is 15.2 Å². The molecule has 0 aliphatic heterocycles. The summed E-state index contributed by atoms with van der Waals surface area (Å²) in [5, 5.41) is 0. The van der Waals surface area contributed by atoms with Crippen LogP contribution in [0.15, 0.2) is 42.5 Å². The van der Waals surface area contributed by atoms with Crippen molar-refractivity contribution in [3.63, 3.8) is 0 Å². The molecule has 2 N–H and O–H groups in total. The van der Waals surface area contributed by atoms with Gasteiger partial charge in [-0.2, -0.15) is 0 Å². The highest BCUT2D eigenvalue weighted by Gasteiger charge is 2.19. The Labute approximate surface area is 152 Å². The Morgan fingerprint density at radius 2 is 1.52 bits per heavy atom. The predicted molar refractivity (Wildman–Crippen MR) is 105 cm³/mol. The van der Waals surface area contributed by atoms with Crippen molar-refractivity contribution in [2.24, 2.45) is 5.73 Å². The third-order valence-corrected chi connectivity index (χ3v) is 4.23. The summed E-state index contributed by atoms with van der Waals surface area (Å²) in [7, 11) is 0. The third kappa shape index (κ3) is 5.79. The molecule has 3 nitrogen and oxygen atoms in total. The van der Waals surface area contributed by atoms with Crippen molar-refractivity contribution in [3.05, 3.63) is 59.2 Å². The fraction of sp³-hybridized carbons (Fsp3) is 0.455. The smallest absolute Gasteiger partial charge is 0.123 e. The first kappa shape index (κ1) is 19.3. The fourth-order valence-corrected chi connectivity index (χ4v) is 2.74. The first-order valence-corrected chi connectivity index (χ1v) is 9.12. The van der Waals surface area contributed by atoms with Gasteiger partial charge in [-0.3, -0.25) is 0 Å². The minimum absolute atomic E-state index is 0.0557. The number of nitrogens with two attached hydrogens (primary N) is 1. The standard InChI is InChI=1S/C22H31NO2/c1-5-17-8-11-21(20(16-17)22(2,3)4)25-15-14-24-19-9-6-18(7-10-19)12-13-23/h6-11,16H,5,12-15,23H2,1-4H3. The second-order valence-electron chi connectivity index (χ2n) is 7.31. The molecule has 3 heteroatoms. The summed E-state index contributed by atoms with van der Waals surface area (Å²) in [5.41, 5.74) is 9.44. The van der Waals surface area contributed by atoms with Crippen LogP contribution >= 0.6 is 0 Å². The summed E-state index contributed by atoms with van der Waals surface area (Å²) >= 11 is 0. The van der Waals surface area contributed by atoms with Gasteiger partial charge >= 0.3 is 0 Å². The molecule has 2 aromatic rings. The largest absolute Gasteiger partial charge is 0.490 e. The lowest BCUT2D eigenvalue weighted by Gasteiger charge is -2.23. The van der Waals surface area contributed by atoms with Crippen molar-refractivity contribution in [1.82, 2.24) is 0 Å². The summed E-state index contributed by atoms with van der Waals surface area (Å²) in [6.45, 7) is 10.5. The van der Waals surface area contributed by atoms with Crippen LogP contribution in [0.5, 0.6) is 11.5 Å². The molecule has 2 aromatic carbocycles. The quantitative estimate of drug-likeness (QED) is 0.719. The van der Waals surface area contributed by atoms with Gasteiger partial charge in [0, 0.05) is 0 Å². The van der Waals surface area contributed by atoms with E-state index in [9.17, 15) is 0 Å². The number of rotatable bonds is 8. The van der Waals surface area contributed by atoms with Gasteiger partial charge in [-0.15, -0.1) is 0 Å². The van der Waals surface area contributed by atoms with E-state index in [1.54, 1.807) is 0 Å². The molecule has 0 fully saturated rings. The fourth-order valence-electron chi connectivity index (χ4n) is 2.74. The average molecular weight is 341 g/mol. The van der Waals surface area contributed by atoms with E-state index in [4.69, 9.17) is 15.2 Å². The van der Waals surface area contributed by atoms with Crippen LogP contribution in [-0.4, -0.2) is 19.8 Å². The summed E-state index contributed by atoms with van der Waals surface area (Å²) in [4.78, 5) is 0. The van der Waals surface area contributed by atoms with E-state index in [0.29, 0.717) is 19.8 Å². The van der Waals surface area contributed by atoms with Crippen LogP contribution in [0.4, 0.5) is 0 Å². The zero-order valence-electron chi connectivity index (χ0n) is 16.0. The van der Waals surface area contributed by atoms with Crippen LogP contribution in [0.2, 0.25) is 0 Å². The zero-order valence-corrected chi connectivity index (χ0v) is 16.0. The molecule has 0 atom stereocenters. The highest BCUT2D eigenvalue weighted by molar-refractivity contribution is 5.41. The lowest BCUT2D eigenvalue weighted by Crippen LogP contribution is -2.16. The lowest BCUT2D eigenvalue weighted by atomic mass is 9.85. The molecule has 0 unspecified atom stereocenters. The van der Waals surface area contributed by atoms with Crippen LogP contribution in [0.1, 0.15) is 44.4 Å². The topological polar surface area (TPSA) is 44.5 Å². The summed E-state index contributed by atoms with van der Waals surface area (Å²) in [5.74, 6) is 1.81. The van der Waals surface area contributed by atoms with Gasteiger partial charge in [-0.1, -0.05) is 52.0 Å². The lowest BCUT2D eigenvalue weighted by molar-refractivity contribution is 0.214. The molecular formula is C22H31NO2. The highest BCUT2D eigenvalue weighted by Crippen LogP contribution is 2.32. The van der Waals surface area contributed by atoms with Crippen LogP contribution in [0.3, 0.4) is 0 Å². The van der Waals surface area contributed by atoms with Gasteiger partial charge in [0.25, 0.3) is 0 Å². The molecule has 0 saturated carbocycles.